The van der Waals surface area contributed by atoms with E-state index in [1.165, 1.54) is 18.2 Å². The molecule has 2 aromatic carbocycles. The minimum atomic E-state index is -0.530. The van der Waals surface area contributed by atoms with Crippen LogP contribution < -0.4 is 5.32 Å². The zero-order chi connectivity index (χ0) is 18.8. The molecule has 0 bridgehead atoms. The molecular weight excluding hydrogens is 379 g/mol. The lowest BCUT2D eigenvalue weighted by Gasteiger charge is -2.07. The zero-order valence-electron chi connectivity index (χ0n) is 13.5. The van der Waals surface area contributed by atoms with Gasteiger partial charge in [0, 0.05) is 16.7 Å². The minimum absolute atomic E-state index is 0.0435. The molecule has 1 N–H and O–H groups in total. The second-order valence-corrected chi connectivity index (χ2v) is 6.29. The molecule has 1 heterocycles. The number of anilines is 1. The first-order valence-corrected chi connectivity index (χ1v) is 8.23. The van der Waals surface area contributed by atoms with Crippen LogP contribution in [0.4, 0.5) is 11.4 Å². The third-order valence-electron chi connectivity index (χ3n) is 3.77. The predicted octanol–water partition coefficient (Wildman–Crippen LogP) is 5.72. The van der Waals surface area contributed by atoms with Gasteiger partial charge in [-0.25, -0.2) is 0 Å². The molecule has 3 aromatic rings. The lowest BCUT2D eigenvalue weighted by molar-refractivity contribution is -0.385. The second kappa shape index (κ2) is 7.19. The Labute approximate surface area is 158 Å². The molecule has 26 heavy (non-hydrogen) atoms. The molecule has 3 rings (SSSR count). The summed E-state index contributed by atoms with van der Waals surface area (Å²) in [5.41, 5.74) is 1.18. The maximum Gasteiger partial charge on any atom is 0.291 e. The Kier molecular flexibility index (Phi) is 4.97. The summed E-state index contributed by atoms with van der Waals surface area (Å²) in [6, 6.07) is 12.5. The summed E-state index contributed by atoms with van der Waals surface area (Å²) in [4.78, 5) is 22.9. The third kappa shape index (κ3) is 3.56. The second-order valence-electron chi connectivity index (χ2n) is 5.45. The van der Waals surface area contributed by atoms with Gasteiger partial charge < -0.3 is 9.73 Å². The SMILES string of the molecule is Cc1c(NC(=O)c2ccc(-c3cc(Cl)ccc3Cl)o2)cccc1[N+](=O)[O-]. The van der Waals surface area contributed by atoms with Crippen molar-refractivity contribution < 1.29 is 14.1 Å². The fourth-order valence-electron chi connectivity index (χ4n) is 2.43. The van der Waals surface area contributed by atoms with Gasteiger partial charge in [0.25, 0.3) is 11.6 Å². The Balaban J connectivity index is 1.87. The molecular formula is C18H12Cl2N2O4. The van der Waals surface area contributed by atoms with Crippen LogP contribution in [0.1, 0.15) is 16.1 Å². The number of rotatable bonds is 4. The summed E-state index contributed by atoms with van der Waals surface area (Å²) in [6.07, 6.45) is 0. The van der Waals surface area contributed by atoms with Crippen molar-refractivity contribution >= 4 is 40.5 Å². The molecule has 0 unspecified atom stereocenters. The van der Waals surface area contributed by atoms with E-state index in [0.717, 1.165) is 0 Å². The Morgan fingerprint density at radius 1 is 1.15 bits per heavy atom. The molecule has 0 saturated heterocycles. The van der Waals surface area contributed by atoms with E-state index in [9.17, 15) is 14.9 Å². The van der Waals surface area contributed by atoms with Crippen molar-refractivity contribution in [3.05, 3.63) is 80.0 Å². The predicted molar refractivity (Wildman–Crippen MR) is 100.0 cm³/mol. The number of hydrogen-bond acceptors (Lipinski definition) is 4. The normalized spacial score (nSPS) is 10.6. The topological polar surface area (TPSA) is 85.4 Å². The zero-order valence-corrected chi connectivity index (χ0v) is 15.0. The number of amides is 1. The lowest BCUT2D eigenvalue weighted by Crippen LogP contribution is -2.12. The molecule has 0 aliphatic rings. The number of furan rings is 1. The highest BCUT2D eigenvalue weighted by atomic mass is 35.5. The van der Waals surface area contributed by atoms with E-state index in [4.69, 9.17) is 27.6 Å². The van der Waals surface area contributed by atoms with Crippen molar-refractivity contribution in [3.63, 3.8) is 0 Å². The average molecular weight is 391 g/mol. The summed E-state index contributed by atoms with van der Waals surface area (Å²) in [5, 5.41) is 14.5. The smallest absolute Gasteiger partial charge is 0.291 e. The van der Waals surface area contributed by atoms with E-state index in [1.807, 2.05) is 0 Å². The van der Waals surface area contributed by atoms with E-state index >= 15 is 0 Å². The van der Waals surface area contributed by atoms with Crippen LogP contribution in [0.2, 0.25) is 10.0 Å². The molecule has 1 amide bonds. The maximum absolute atomic E-state index is 12.4. The van der Waals surface area contributed by atoms with E-state index in [0.29, 0.717) is 32.6 Å². The van der Waals surface area contributed by atoms with Gasteiger partial charge in [-0.1, -0.05) is 29.3 Å². The first-order chi connectivity index (χ1) is 12.4. The van der Waals surface area contributed by atoms with Gasteiger partial charge >= 0.3 is 0 Å². The average Bonchev–Trinajstić information content (AvgIpc) is 3.08. The highest BCUT2D eigenvalue weighted by Crippen LogP contribution is 2.32. The largest absolute Gasteiger partial charge is 0.451 e. The number of benzene rings is 2. The number of nitro groups is 1. The minimum Gasteiger partial charge on any atom is -0.451 e. The fraction of sp³-hybridized carbons (Fsp3) is 0.0556. The van der Waals surface area contributed by atoms with Crippen molar-refractivity contribution in [2.24, 2.45) is 0 Å². The molecule has 0 aliphatic carbocycles. The Hall–Kier alpha value is -2.83. The van der Waals surface area contributed by atoms with Crippen LogP contribution in [-0.4, -0.2) is 10.8 Å². The van der Waals surface area contributed by atoms with Crippen LogP contribution >= 0.6 is 23.2 Å². The molecule has 0 fully saturated rings. The van der Waals surface area contributed by atoms with Gasteiger partial charge in [0.2, 0.25) is 0 Å². The number of nitro benzene ring substituents is 1. The number of nitrogens with one attached hydrogen (secondary N) is 1. The van der Waals surface area contributed by atoms with Gasteiger partial charge in [-0.3, -0.25) is 14.9 Å². The van der Waals surface area contributed by atoms with E-state index in [2.05, 4.69) is 5.32 Å². The van der Waals surface area contributed by atoms with Crippen molar-refractivity contribution in [2.75, 3.05) is 5.32 Å². The molecule has 0 spiro atoms. The summed E-state index contributed by atoms with van der Waals surface area (Å²) in [6.45, 7) is 1.56. The number of hydrogen-bond donors (Lipinski definition) is 1. The van der Waals surface area contributed by atoms with Gasteiger partial charge in [0.15, 0.2) is 5.76 Å². The molecule has 0 saturated carbocycles. The van der Waals surface area contributed by atoms with Crippen molar-refractivity contribution in [1.29, 1.82) is 0 Å². The van der Waals surface area contributed by atoms with Crippen molar-refractivity contribution in [3.8, 4) is 11.3 Å². The summed E-state index contributed by atoms with van der Waals surface area (Å²) in [7, 11) is 0. The van der Waals surface area contributed by atoms with Crippen LogP contribution in [0.3, 0.4) is 0 Å². The number of halogens is 2. The molecule has 0 atom stereocenters. The highest BCUT2D eigenvalue weighted by Gasteiger charge is 2.18. The first kappa shape index (κ1) is 18.0. The van der Waals surface area contributed by atoms with Crippen LogP contribution in [0.25, 0.3) is 11.3 Å². The van der Waals surface area contributed by atoms with E-state index in [1.54, 1.807) is 37.3 Å². The van der Waals surface area contributed by atoms with Gasteiger partial charge in [-0.2, -0.15) is 0 Å². The Morgan fingerprint density at radius 3 is 2.65 bits per heavy atom. The molecule has 0 aliphatic heterocycles. The van der Waals surface area contributed by atoms with Gasteiger partial charge in [0.1, 0.15) is 5.76 Å². The van der Waals surface area contributed by atoms with Crippen molar-refractivity contribution in [1.82, 2.24) is 0 Å². The lowest BCUT2D eigenvalue weighted by atomic mass is 10.1. The number of carbonyl (C=O) groups is 1. The standard InChI is InChI=1S/C18H12Cl2N2O4/c1-10-14(3-2-4-15(10)22(24)25)21-18(23)17-8-7-16(26-17)12-9-11(19)5-6-13(12)20/h2-9H,1H3,(H,21,23). The number of nitrogens with zero attached hydrogens (tertiary/aromatic N) is 1. The van der Waals surface area contributed by atoms with Crippen LogP contribution in [0, 0.1) is 17.0 Å². The third-order valence-corrected chi connectivity index (χ3v) is 4.34. The Bertz CT molecular complexity index is 1010. The first-order valence-electron chi connectivity index (χ1n) is 7.47. The van der Waals surface area contributed by atoms with E-state index in [-0.39, 0.29) is 11.4 Å². The van der Waals surface area contributed by atoms with E-state index < -0.39 is 10.8 Å². The summed E-state index contributed by atoms with van der Waals surface area (Å²) in [5.74, 6) is -0.0987. The quantitative estimate of drug-likeness (QED) is 0.455. The molecule has 8 heteroatoms. The maximum atomic E-state index is 12.4. The fourth-order valence-corrected chi connectivity index (χ4v) is 2.81. The van der Waals surface area contributed by atoms with Gasteiger partial charge in [-0.15, -0.1) is 0 Å². The molecule has 0 radical (unpaired) electrons. The van der Waals surface area contributed by atoms with Crippen LogP contribution in [0.15, 0.2) is 52.9 Å². The molecule has 6 nitrogen and oxygen atoms in total. The molecule has 132 valence electrons. The monoisotopic (exact) mass is 390 g/mol. The van der Waals surface area contributed by atoms with Gasteiger partial charge in [0.05, 0.1) is 21.2 Å². The number of carbonyl (C=O) groups excluding carboxylic acids is 1. The summed E-state index contributed by atoms with van der Waals surface area (Å²) < 4.78 is 5.57. The van der Waals surface area contributed by atoms with Gasteiger partial charge in [-0.05, 0) is 43.3 Å². The molecule has 1 aromatic heterocycles. The van der Waals surface area contributed by atoms with Crippen LogP contribution in [0.5, 0.6) is 0 Å². The van der Waals surface area contributed by atoms with Crippen LogP contribution in [-0.2, 0) is 0 Å². The summed E-state index contributed by atoms with van der Waals surface area (Å²) >= 11 is 12.1. The van der Waals surface area contributed by atoms with Crippen molar-refractivity contribution in [2.45, 2.75) is 6.92 Å². The Morgan fingerprint density at radius 2 is 1.92 bits per heavy atom. The highest BCUT2D eigenvalue weighted by molar-refractivity contribution is 6.35.